The second kappa shape index (κ2) is 2.42. The molecule has 2 aliphatic rings. The van der Waals surface area contributed by atoms with Crippen molar-refractivity contribution < 1.29 is 0 Å². The molecule has 0 radical (unpaired) electrons. The van der Waals surface area contributed by atoms with Crippen molar-refractivity contribution in [2.75, 3.05) is 6.54 Å². The molecule has 2 nitrogen and oxygen atoms in total. The molecule has 1 atom stereocenters. The van der Waals surface area contributed by atoms with E-state index in [1.807, 2.05) is 6.07 Å². The Kier molecular flexibility index (Phi) is 1.35. The first-order valence-corrected chi connectivity index (χ1v) is 4.81. The molecule has 2 heterocycles. The third kappa shape index (κ3) is 1.02. The molecule has 1 saturated heterocycles. The van der Waals surface area contributed by atoms with Gasteiger partial charge in [-0.15, -0.1) is 0 Å². The summed E-state index contributed by atoms with van der Waals surface area (Å²) in [6, 6.07) is 8.33. The van der Waals surface area contributed by atoms with Crippen LogP contribution >= 0.6 is 0 Å². The molecule has 1 N–H and O–H groups in total. The number of rotatable bonds is 0. The van der Waals surface area contributed by atoms with E-state index < -0.39 is 0 Å². The lowest BCUT2D eigenvalue weighted by atomic mass is 10.1. The number of hydrogen-bond acceptors (Lipinski definition) is 2. The Balaban J connectivity index is 2.22. The molecule has 66 valence electrons. The number of nitrogens with zero attached hydrogens (tertiary/aromatic N) is 1. The van der Waals surface area contributed by atoms with Gasteiger partial charge < -0.3 is 0 Å². The van der Waals surface area contributed by atoms with Crippen molar-refractivity contribution in [2.45, 2.75) is 18.5 Å². The summed E-state index contributed by atoms with van der Waals surface area (Å²) in [4.78, 5) is 4.72. The van der Waals surface area contributed by atoms with E-state index in [9.17, 15) is 0 Å². The number of fused-ring (bicyclic) bond motifs is 1. The van der Waals surface area contributed by atoms with Crippen LogP contribution in [0.15, 0.2) is 29.3 Å². The van der Waals surface area contributed by atoms with Crippen molar-refractivity contribution >= 4 is 6.08 Å². The predicted molar refractivity (Wildman–Crippen MR) is 51.7 cm³/mol. The summed E-state index contributed by atoms with van der Waals surface area (Å²) in [5.74, 6) is 0. The zero-order valence-corrected chi connectivity index (χ0v) is 7.46. The average molecular weight is 172 g/mol. The first kappa shape index (κ1) is 7.27. The highest BCUT2D eigenvalue weighted by atomic mass is 15.2. The van der Waals surface area contributed by atoms with Crippen molar-refractivity contribution in [1.29, 1.82) is 0 Å². The smallest absolute Gasteiger partial charge is 0.131 e. The Labute approximate surface area is 77.0 Å². The largest absolute Gasteiger partial charge is 0.290 e. The van der Waals surface area contributed by atoms with Gasteiger partial charge in [0.1, 0.15) is 5.66 Å². The molecule has 1 spiro atoms. The van der Waals surface area contributed by atoms with E-state index in [-0.39, 0.29) is 5.66 Å². The van der Waals surface area contributed by atoms with E-state index in [1.54, 1.807) is 0 Å². The molecule has 1 aromatic rings. The van der Waals surface area contributed by atoms with E-state index in [4.69, 9.17) is 4.99 Å². The topological polar surface area (TPSA) is 24.4 Å². The maximum absolute atomic E-state index is 4.72. The molecule has 0 aliphatic carbocycles. The number of nitrogens with one attached hydrogen (secondary N) is 1. The van der Waals surface area contributed by atoms with E-state index in [0.29, 0.717) is 0 Å². The van der Waals surface area contributed by atoms with E-state index >= 15 is 0 Å². The van der Waals surface area contributed by atoms with Gasteiger partial charge in [0, 0.05) is 0 Å². The minimum Gasteiger partial charge on any atom is -0.290 e. The van der Waals surface area contributed by atoms with E-state index in [2.05, 4.69) is 29.6 Å². The third-order valence-corrected chi connectivity index (χ3v) is 2.82. The van der Waals surface area contributed by atoms with Crippen LogP contribution in [0.2, 0.25) is 0 Å². The Morgan fingerprint density at radius 3 is 3.00 bits per heavy atom. The maximum atomic E-state index is 4.72. The van der Waals surface area contributed by atoms with Gasteiger partial charge in [-0.05, 0) is 36.7 Å². The fourth-order valence-corrected chi connectivity index (χ4v) is 2.19. The summed E-state index contributed by atoms with van der Waals surface area (Å²) in [6.07, 6.45) is 4.63. The van der Waals surface area contributed by atoms with Gasteiger partial charge in [0.15, 0.2) is 0 Å². The van der Waals surface area contributed by atoms with Crippen LogP contribution in [0.4, 0.5) is 0 Å². The lowest BCUT2D eigenvalue weighted by Crippen LogP contribution is -2.34. The van der Waals surface area contributed by atoms with Crippen molar-refractivity contribution in [3.8, 4) is 0 Å². The van der Waals surface area contributed by atoms with Crippen LogP contribution in [0, 0.1) is 0 Å². The molecule has 1 fully saturated rings. The molecule has 0 amide bonds. The van der Waals surface area contributed by atoms with Crippen LogP contribution < -0.4 is 15.9 Å². The molecule has 2 heteroatoms. The second-order valence-corrected chi connectivity index (χ2v) is 3.77. The zero-order valence-electron chi connectivity index (χ0n) is 7.46. The van der Waals surface area contributed by atoms with Crippen molar-refractivity contribution in [3.63, 3.8) is 0 Å². The first-order valence-electron chi connectivity index (χ1n) is 4.81. The van der Waals surface area contributed by atoms with Crippen LogP contribution in [-0.4, -0.2) is 12.2 Å². The molecule has 0 saturated carbocycles. The summed E-state index contributed by atoms with van der Waals surface area (Å²) >= 11 is 0. The van der Waals surface area contributed by atoms with Crippen molar-refractivity contribution in [3.05, 3.63) is 34.8 Å². The number of benzene rings is 1. The summed E-state index contributed by atoms with van der Waals surface area (Å²) < 4.78 is 0. The van der Waals surface area contributed by atoms with Crippen molar-refractivity contribution in [1.82, 2.24) is 5.32 Å². The van der Waals surface area contributed by atoms with Gasteiger partial charge in [0.25, 0.3) is 0 Å². The first-order chi connectivity index (χ1) is 6.38. The Morgan fingerprint density at radius 1 is 1.31 bits per heavy atom. The van der Waals surface area contributed by atoms with Gasteiger partial charge >= 0.3 is 0 Å². The lowest BCUT2D eigenvalue weighted by Gasteiger charge is -2.16. The van der Waals surface area contributed by atoms with E-state index in [1.165, 1.54) is 11.6 Å². The quantitative estimate of drug-likeness (QED) is 0.593. The monoisotopic (exact) mass is 172 g/mol. The average Bonchev–Trinajstić information content (AvgIpc) is 2.72. The van der Waals surface area contributed by atoms with Crippen LogP contribution in [0.5, 0.6) is 0 Å². The molecule has 13 heavy (non-hydrogen) atoms. The molecule has 2 aliphatic heterocycles. The predicted octanol–water partition coefficient (Wildman–Crippen LogP) is 0.180. The summed E-state index contributed by atoms with van der Waals surface area (Å²) in [5.41, 5.74) is -0.0519. The SMILES string of the molecule is C1=c2ccccc2=NC12CCCN2. The highest BCUT2D eigenvalue weighted by Gasteiger charge is 2.31. The molecule has 1 aromatic carbocycles. The highest BCUT2D eigenvalue weighted by molar-refractivity contribution is 5.41. The van der Waals surface area contributed by atoms with Gasteiger partial charge in [-0.25, -0.2) is 0 Å². The molecule has 0 aromatic heterocycles. The summed E-state index contributed by atoms with van der Waals surface area (Å²) in [5, 5.41) is 5.87. The van der Waals surface area contributed by atoms with Crippen LogP contribution in [-0.2, 0) is 0 Å². The summed E-state index contributed by atoms with van der Waals surface area (Å²) in [6.45, 7) is 1.09. The van der Waals surface area contributed by atoms with Gasteiger partial charge in [0.05, 0.1) is 5.36 Å². The van der Waals surface area contributed by atoms with Crippen LogP contribution in [0.3, 0.4) is 0 Å². The number of hydrogen-bond donors (Lipinski definition) is 1. The van der Waals surface area contributed by atoms with Gasteiger partial charge in [0.2, 0.25) is 0 Å². The highest BCUT2D eigenvalue weighted by Crippen LogP contribution is 2.22. The minimum absolute atomic E-state index is 0.0519. The van der Waals surface area contributed by atoms with Crippen LogP contribution in [0.1, 0.15) is 12.8 Å². The Hall–Kier alpha value is -1.15. The van der Waals surface area contributed by atoms with Crippen LogP contribution in [0.25, 0.3) is 6.08 Å². The van der Waals surface area contributed by atoms with Gasteiger partial charge in [-0.2, -0.15) is 0 Å². The second-order valence-electron chi connectivity index (χ2n) is 3.77. The molecule has 1 unspecified atom stereocenters. The zero-order chi connectivity index (χ0) is 8.73. The maximum Gasteiger partial charge on any atom is 0.131 e. The normalized spacial score (nSPS) is 29.8. The fourth-order valence-electron chi connectivity index (χ4n) is 2.19. The molecule has 0 bridgehead atoms. The minimum atomic E-state index is -0.0519. The van der Waals surface area contributed by atoms with E-state index in [0.717, 1.165) is 18.3 Å². The lowest BCUT2D eigenvalue weighted by molar-refractivity contribution is 0.522. The Bertz CT molecular complexity index is 404. The standard InChI is InChI=1S/C11H12N2/c1-2-5-10-9(4-1)8-11(13-10)6-3-7-12-11/h1-2,4-5,8,12H,3,6-7H2. The Morgan fingerprint density at radius 2 is 2.23 bits per heavy atom. The molecule has 3 rings (SSSR count). The summed E-state index contributed by atoms with van der Waals surface area (Å²) in [7, 11) is 0. The van der Waals surface area contributed by atoms with Gasteiger partial charge in [-0.3, -0.25) is 10.3 Å². The fraction of sp³-hybridized carbons (Fsp3) is 0.364. The van der Waals surface area contributed by atoms with Gasteiger partial charge in [-0.1, -0.05) is 18.2 Å². The third-order valence-electron chi connectivity index (χ3n) is 2.82. The molecular weight excluding hydrogens is 160 g/mol. The molecular formula is C11H12N2. The number of para-hydroxylation sites is 1. The van der Waals surface area contributed by atoms with Crippen molar-refractivity contribution in [2.24, 2.45) is 4.99 Å².